The van der Waals surface area contributed by atoms with Gasteiger partial charge in [-0.25, -0.2) is 13.5 Å². The molecule has 0 spiro atoms. The number of rotatable bonds is 4. The Labute approximate surface area is 118 Å². The van der Waals surface area contributed by atoms with Crippen LogP contribution < -0.4 is 0 Å². The number of sulfonamides is 1. The predicted molar refractivity (Wildman–Crippen MR) is 73.1 cm³/mol. The van der Waals surface area contributed by atoms with Crippen LogP contribution in [0.25, 0.3) is 0 Å². The molecule has 1 aromatic carbocycles. The zero-order chi connectivity index (χ0) is 14.8. The van der Waals surface area contributed by atoms with Gasteiger partial charge >= 0.3 is 0 Å². The molecular formula is C13H18N2O4S. The molecule has 1 aromatic rings. The molecule has 1 saturated heterocycles. The van der Waals surface area contributed by atoms with Crippen molar-refractivity contribution >= 4 is 15.9 Å². The fraction of sp³-hybridized carbons (Fsp3) is 0.462. The first-order valence-corrected chi connectivity index (χ1v) is 7.81. The molecule has 2 rings (SSSR count). The van der Waals surface area contributed by atoms with Gasteiger partial charge in [0, 0.05) is 13.6 Å². The van der Waals surface area contributed by atoms with Gasteiger partial charge in [-0.2, -0.15) is 4.31 Å². The largest absolute Gasteiger partial charge is 0.275 e. The maximum Gasteiger partial charge on any atom is 0.264 e. The Hall–Kier alpha value is -1.44. The molecular weight excluding hydrogens is 280 g/mol. The van der Waals surface area contributed by atoms with E-state index in [1.165, 1.54) is 30.6 Å². The van der Waals surface area contributed by atoms with E-state index in [0.717, 1.165) is 5.06 Å². The number of likely N-dealkylation sites (N-methyl/N-ethyl adjacent to an activating group) is 1. The molecule has 0 N–H and O–H groups in total. The van der Waals surface area contributed by atoms with Crippen LogP contribution in [0.1, 0.15) is 12.8 Å². The molecule has 0 saturated carbocycles. The highest BCUT2D eigenvalue weighted by atomic mass is 32.2. The Morgan fingerprint density at radius 1 is 1.35 bits per heavy atom. The first kappa shape index (κ1) is 15.0. The Morgan fingerprint density at radius 2 is 2.00 bits per heavy atom. The van der Waals surface area contributed by atoms with Crippen molar-refractivity contribution < 1.29 is 18.0 Å². The maximum absolute atomic E-state index is 12.6. The van der Waals surface area contributed by atoms with Gasteiger partial charge in [-0.1, -0.05) is 18.2 Å². The number of nitrogens with zero attached hydrogens (tertiary/aromatic N) is 2. The molecule has 1 heterocycles. The van der Waals surface area contributed by atoms with Gasteiger partial charge in [-0.3, -0.25) is 9.63 Å². The first-order chi connectivity index (χ1) is 9.48. The molecule has 7 heteroatoms. The van der Waals surface area contributed by atoms with E-state index in [9.17, 15) is 13.2 Å². The van der Waals surface area contributed by atoms with E-state index in [1.54, 1.807) is 18.2 Å². The number of amides is 1. The molecule has 1 aliphatic heterocycles. The van der Waals surface area contributed by atoms with Crippen molar-refractivity contribution in [2.45, 2.75) is 23.8 Å². The van der Waals surface area contributed by atoms with E-state index >= 15 is 0 Å². The van der Waals surface area contributed by atoms with Crippen LogP contribution in [0.15, 0.2) is 35.2 Å². The van der Waals surface area contributed by atoms with Crippen molar-refractivity contribution in [1.29, 1.82) is 0 Å². The van der Waals surface area contributed by atoms with E-state index in [-0.39, 0.29) is 10.8 Å². The Kier molecular flexibility index (Phi) is 4.42. The van der Waals surface area contributed by atoms with Gasteiger partial charge < -0.3 is 0 Å². The average Bonchev–Trinajstić information content (AvgIpc) is 2.96. The molecule has 1 atom stereocenters. The molecule has 0 radical (unpaired) electrons. The highest BCUT2D eigenvalue weighted by molar-refractivity contribution is 7.89. The normalized spacial score (nSPS) is 20.0. The molecule has 0 aromatic heterocycles. The number of hydrogen-bond donors (Lipinski definition) is 0. The summed E-state index contributed by atoms with van der Waals surface area (Å²) in [4.78, 5) is 17.2. The summed E-state index contributed by atoms with van der Waals surface area (Å²) in [6, 6.07) is 7.47. The lowest BCUT2D eigenvalue weighted by atomic mass is 10.2. The van der Waals surface area contributed by atoms with E-state index in [1.807, 2.05) is 0 Å². The molecule has 110 valence electrons. The van der Waals surface area contributed by atoms with Crippen LogP contribution in [0, 0.1) is 0 Å². The van der Waals surface area contributed by atoms with Crippen molar-refractivity contribution in [3.8, 4) is 0 Å². The Morgan fingerprint density at radius 3 is 2.60 bits per heavy atom. The van der Waals surface area contributed by atoms with Crippen LogP contribution in [-0.2, 0) is 19.7 Å². The summed E-state index contributed by atoms with van der Waals surface area (Å²) >= 11 is 0. The maximum atomic E-state index is 12.6. The number of hydroxylamine groups is 2. The van der Waals surface area contributed by atoms with Crippen molar-refractivity contribution in [2.24, 2.45) is 0 Å². The SMILES string of the molecule is CON(C)C(=O)C1CCCN1S(=O)(=O)c1ccccc1. The summed E-state index contributed by atoms with van der Waals surface area (Å²) in [7, 11) is -0.786. The summed E-state index contributed by atoms with van der Waals surface area (Å²) in [6.07, 6.45) is 1.18. The van der Waals surface area contributed by atoms with Crippen LogP contribution in [0.5, 0.6) is 0 Å². The standard InChI is InChI=1S/C13H18N2O4S/c1-14(19-2)13(16)12-9-6-10-15(12)20(17,18)11-7-4-3-5-8-11/h3-5,7-8,12H,6,9-10H2,1-2H3. The zero-order valence-electron chi connectivity index (χ0n) is 11.5. The fourth-order valence-electron chi connectivity index (χ4n) is 2.30. The second-order valence-corrected chi connectivity index (χ2v) is 6.50. The van der Waals surface area contributed by atoms with E-state index in [0.29, 0.717) is 19.4 Å². The number of benzene rings is 1. The van der Waals surface area contributed by atoms with Gasteiger partial charge in [-0.05, 0) is 25.0 Å². The van der Waals surface area contributed by atoms with Gasteiger partial charge in [0.15, 0.2) is 0 Å². The quantitative estimate of drug-likeness (QED) is 0.773. The van der Waals surface area contributed by atoms with Crippen LogP contribution in [0.2, 0.25) is 0 Å². The molecule has 0 bridgehead atoms. The van der Waals surface area contributed by atoms with Crippen molar-refractivity contribution in [2.75, 3.05) is 20.7 Å². The Bertz CT molecular complexity index is 573. The van der Waals surface area contributed by atoms with E-state index in [4.69, 9.17) is 4.84 Å². The van der Waals surface area contributed by atoms with Gasteiger partial charge in [0.05, 0.1) is 12.0 Å². The third-order valence-electron chi connectivity index (χ3n) is 3.42. The third kappa shape index (κ3) is 2.70. The van der Waals surface area contributed by atoms with Gasteiger partial charge in [-0.15, -0.1) is 0 Å². The minimum absolute atomic E-state index is 0.208. The molecule has 1 fully saturated rings. The summed E-state index contributed by atoms with van der Waals surface area (Å²) in [6.45, 7) is 0.352. The second kappa shape index (κ2) is 5.90. The lowest BCUT2D eigenvalue weighted by Gasteiger charge is -2.26. The molecule has 1 unspecified atom stereocenters. The number of carbonyl (C=O) groups excluding carboxylic acids is 1. The van der Waals surface area contributed by atoms with E-state index < -0.39 is 16.1 Å². The summed E-state index contributed by atoms with van der Waals surface area (Å²) in [5.41, 5.74) is 0. The topological polar surface area (TPSA) is 66.9 Å². The molecule has 0 aliphatic carbocycles. The van der Waals surface area contributed by atoms with Crippen molar-refractivity contribution in [1.82, 2.24) is 9.37 Å². The second-order valence-electron chi connectivity index (χ2n) is 4.61. The number of hydrogen-bond acceptors (Lipinski definition) is 4. The smallest absolute Gasteiger partial charge is 0.264 e. The minimum atomic E-state index is -3.64. The first-order valence-electron chi connectivity index (χ1n) is 6.37. The lowest BCUT2D eigenvalue weighted by molar-refractivity contribution is -0.172. The average molecular weight is 298 g/mol. The summed E-state index contributed by atoms with van der Waals surface area (Å²) in [5.74, 6) is -0.343. The lowest BCUT2D eigenvalue weighted by Crippen LogP contribution is -2.46. The molecule has 1 aliphatic rings. The summed E-state index contributed by atoms with van der Waals surface area (Å²) < 4.78 is 26.4. The van der Waals surface area contributed by atoms with Crippen LogP contribution in [0.3, 0.4) is 0 Å². The highest BCUT2D eigenvalue weighted by Gasteiger charge is 2.40. The van der Waals surface area contributed by atoms with Crippen molar-refractivity contribution in [3.05, 3.63) is 30.3 Å². The van der Waals surface area contributed by atoms with Crippen LogP contribution >= 0.6 is 0 Å². The summed E-state index contributed by atoms with van der Waals surface area (Å²) in [5, 5.41) is 1.07. The zero-order valence-corrected chi connectivity index (χ0v) is 12.3. The van der Waals surface area contributed by atoms with Gasteiger partial charge in [0.2, 0.25) is 10.0 Å². The monoisotopic (exact) mass is 298 g/mol. The minimum Gasteiger partial charge on any atom is -0.275 e. The van der Waals surface area contributed by atoms with Crippen LogP contribution in [-0.4, -0.2) is 50.4 Å². The van der Waals surface area contributed by atoms with Gasteiger partial charge in [0.25, 0.3) is 5.91 Å². The van der Waals surface area contributed by atoms with Crippen molar-refractivity contribution in [3.63, 3.8) is 0 Å². The molecule has 1 amide bonds. The number of carbonyl (C=O) groups is 1. The van der Waals surface area contributed by atoms with Gasteiger partial charge in [0.1, 0.15) is 6.04 Å². The van der Waals surface area contributed by atoms with E-state index in [2.05, 4.69) is 0 Å². The predicted octanol–water partition coefficient (Wildman–Crippen LogP) is 0.859. The Balaban J connectivity index is 2.29. The fourth-order valence-corrected chi connectivity index (χ4v) is 3.97. The molecule has 20 heavy (non-hydrogen) atoms. The third-order valence-corrected chi connectivity index (χ3v) is 5.35. The van der Waals surface area contributed by atoms with Crippen LogP contribution in [0.4, 0.5) is 0 Å². The molecule has 6 nitrogen and oxygen atoms in total. The highest BCUT2D eigenvalue weighted by Crippen LogP contribution is 2.26.